The quantitative estimate of drug-likeness (QED) is 0.281. The lowest BCUT2D eigenvalue weighted by molar-refractivity contribution is -0.138. The normalized spacial score (nSPS) is 10.6. The third kappa shape index (κ3) is 3.68. The molecule has 2 aromatic carbocycles. The van der Waals surface area contributed by atoms with Crippen LogP contribution in [0.3, 0.4) is 0 Å². The first kappa shape index (κ1) is 17.9. The molecule has 3 rings (SSSR count). The van der Waals surface area contributed by atoms with E-state index in [2.05, 4.69) is 30.8 Å². The number of hydrogen-bond donors (Lipinski definition) is 2. The fraction of sp³-hybridized carbons (Fsp3) is 0.118. The maximum absolute atomic E-state index is 11.3. The van der Waals surface area contributed by atoms with Gasteiger partial charge in [-0.05, 0) is 46.3 Å². The van der Waals surface area contributed by atoms with Gasteiger partial charge < -0.3 is 15.0 Å². The highest BCUT2D eigenvalue weighted by Gasteiger charge is 2.16. The number of halogens is 1. The number of anilines is 2. The van der Waals surface area contributed by atoms with Gasteiger partial charge in [0, 0.05) is 10.0 Å². The highest BCUT2D eigenvalue weighted by molar-refractivity contribution is 9.10. The minimum absolute atomic E-state index is 0.117. The summed E-state index contributed by atoms with van der Waals surface area (Å²) in [6.45, 7) is -0.117. The van der Waals surface area contributed by atoms with Crippen LogP contribution in [-0.4, -0.2) is 29.8 Å². The van der Waals surface area contributed by atoms with Crippen molar-refractivity contribution >= 4 is 33.3 Å². The van der Waals surface area contributed by atoms with Crippen molar-refractivity contribution in [1.29, 1.82) is 0 Å². The molecule has 0 atom stereocenters. The van der Waals surface area contributed by atoms with Crippen molar-refractivity contribution in [3.63, 3.8) is 0 Å². The van der Waals surface area contributed by atoms with Crippen molar-refractivity contribution in [2.24, 2.45) is 5.84 Å². The molecule has 0 saturated heterocycles. The molecular formula is C17H16BrN5O3. The highest BCUT2D eigenvalue weighted by Crippen LogP contribution is 2.30. The Labute approximate surface area is 157 Å². The smallest absolute Gasteiger partial charge is 0.326 e. The minimum Gasteiger partial charge on any atom is -0.468 e. The molecule has 1 heterocycles. The molecule has 0 saturated carbocycles. The average Bonchev–Trinajstić information content (AvgIpc) is 3.11. The molecule has 0 bridgehead atoms. The van der Waals surface area contributed by atoms with Gasteiger partial charge in [-0.2, -0.15) is 4.98 Å². The Morgan fingerprint density at radius 1 is 1.31 bits per heavy atom. The van der Waals surface area contributed by atoms with E-state index in [4.69, 9.17) is 16.1 Å². The molecule has 3 aromatic rings. The second-order valence-corrected chi connectivity index (χ2v) is 6.23. The Bertz CT molecular complexity index is 944. The van der Waals surface area contributed by atoms with Crippen molar-refractivity contribution in [2.45, 2.75) is 0 Å². The molecule has 0 amide bonds. The molecule has 26 heavy (non-hydrogen) atoms. The van der Waals surface area contributed by atoms with E-state index in [1.54, 1.807) is 18.2 Å². The average molecular weight is 418 g/mol. The summed E-state index contributed by atoms with van der Waals surface area (Å²) in [7, 11) is 1.29. The Kier molecular flexibility index (Phi) is 5.19. The van der Waals surface area contributed by atoms with E-state index in [1.807, 2.05) is 24.3 Å². The van der Waals surface area contributed by atoms with Crippen LogP contribution in [0.5, 0.6) is 0 Å². The van der Waals surface area contributed by atoms with E-state index in [0.717, 1.165) is 10.0 Å². The molecule has 0 aliphatic heterocycles. The first-order valence-corrected chi connectivity index (χ1v) is 8.36. The predicted octanol–water partition coefficient (Wildman–Crippen LogP) is 2.60. The van der Waals surface area contributed by atoms with Crippen LogP contribution in [0.15, 0.2) is 51.5 Å². The summed E-state index contributed by atoms with van der Waals surface area (Å²) in [6.07, 6.45) is 0. The van der Waals surface area contributed by atoms with Crippen LogP contribution in [0.2, 0.25) is 0 Å². The molecular weight excluding hydrogens is 402 g/mol. The lowest BCUT2D eigenvalue weighted by atomic mass is 10.1. The molecule has 0 spiro atoms. The Morgan fingerprint density at radius 3 is 2.77 bits per heavy atom. The number of nitrogens with two attached hydrogens (primary N) is 2. The first-order chi connectivity index (χ1) is 12.5. The number of ether oxygens (including phenoxy) is 1. The SMILES string of the molecule is COC(=O)CN(N)c1ccc(-c2noc(-c3ccccc3Br)n2)cc1N. The van der Waals surface area contributed by atoms with Gasteiger partial charge >= 0.3 is 5.97 Å². The highest BCUT2D eigenvalue weighted by atomic mass is 79.9. The van der Waals surface area contributed by atoms with Gasteiger partial charge in [-0.1, -0.05) is 17.3 Å². The summed E-state index contributed by atoms with van der Waals surface area (Å²) in [5.41, 5.74) is 8.38. The summed E-state index contributed by atoms with van der Waals surface area (Å²) in [6, 6.07) is 12.6. The monoisotopic (exact) mass is 417 g/mol. The van der Waals surface area contributed by atoms with E-state index < -0.39 is 5.97 Å². The summed E-state index contributed by atoms with van der Waals surface area (Å²) < 4.78 is 10.8. The number of carbonyl (C=O) groups excluding carboxylic acids is 1. The standard InChI is InChI=1S/C17H16BrN5O3/c1-25-15(24)9-23(20)14-7-6-10(8-13(14)19)16-21-17(26-22-16)11-4-2-3-5-12(11)18/h2-8H,9,19-20H2,1H3. The number of hydrogen-bond acceptors (Lipinski definition) is 8. The first-order valence-electron chi connectivity index (χ1n) is 7.57. The van der Waals surface area contributed by atoms with Crippen LogP contribution in [0.1, 0.15) is 0 Å². The number of nitrogen functional groups attached to an aromatic ring is 1. The van der Waals surface area contributed by atoms with Crippen molar-refractivity contribution in [3.8, 4) is 22.8 Å². The lowest BCUT2D eigenvalue weighted by Crippen LogP contribution is -2.37. The Balaban J connectivity index is 1.86. The third-order valence-electron chi connectivity index (χ3n) is 3.65. The fourth-order valence-corrected chi connectivity index (χ4v) is 2.78. The molecule has 9 heteroatoms. The van der Waals surface area contributed by atoms with E-state index in [1.165, 1.54) is 12.1 Å². The van der Waals surface area contributed by atoms with Gasteiger partial charge in [-0.25, -0.2) is 5.84 Å². The van der Waals surface area contributed by atoms with Crippen molar-refractivity contribution in [1.82, 2.24) is 10.1 Å². The summed E-state index contributed by atoms with van der Waals surface area (Å²) in [5.74, 6) is 6.17. The number of aromatic nitrogens is 2. The molecule has 0 aliphatic carbocycles. The number of methoxy groups -OCH3 is 1. The van der Waals surface area contributed by atoms with Gasteiger partial charge in [0.05, 0.1) is 24.0 Å². The van der Waals surface area contributed by atoms with Crippen LogP contribution in [-0.2, 0) is 9.53 Å². The van der Waals surface area contributed by atoms with Crippen molar-refractivity contribution < 1.29 is 14.1 Å². The number of esters is 1. The van der Waals surface area contributed by atoms with Crippen LogP contribution < -0.4 is 16.6 Å². The van der Waals surface area contributed by atoms with Gasteiger partial charge in [0.2, 0.25) is 5.82 Å². The third-order valence-corrected chi connectivity index (χ3v) is 4.34. The minimum atomic E-state index is -0.466. The maximum atomic E-state index is 11.3. The van der Waals surface area contributed by atoms with Gasteiger partial charge in [0.25, 0.3) is 5.89 Å². The molecule has 8 nitrogen and oxygen atoms in total. The predicted molar refractivity (Wildman–Crippen MR) is 101 cm³/mol. The zero-order valence-electron chi connectivity index (χ0n) is 13.8. The van der Waals surface area contributed by atoms with E-state index in [-0.39, 0.29) is 6.54 Å². The molecule has 1 aromatic heterocycles. The second kappa shape index (κ2) is 7.54. The molecule has 4 N–H and O–H groups in total. The van der Waals surface area contributed by atoms with Gasteiger partial charge in [-0.3, -0.25) is 9.80 Å². The Morgan fingerprint density at radius 2 is 2.08 bits per heavy atom. The van der Waals surface area contributed by atoms with Crippen LogP contribution in [0.4, 0.5) is 11.4 Å². The van der Waals surface area contributed by atoms with Gasteiger partial charge in [0.15, 0.2) is 0 Å². The topological polar surface area (TPSA) is 120 Å². The number of carbonyl (C=O) groups is 1. The van der Waals surface area contributed by atoms with Crippen LogP contribution in [0.25, 0.3) is 22.8 Å². The summed E-state index contributed by atoms with van der Waals surface area (Å²) >= 11 is 3.46. The van der Waals surface area contributed by atoms with E-state index >= 15 is 0 Å². The van der Waals surface area contributed by atoms with Crippen molar-refractivity contribution in [2.75, 3.05) is 24.4 Å². The largest absolute Gasteiger partial charge is 0.468 e. The lowest BCUT2D eigenvalue weighted by Gasteiger charge is -2.19. The fourth-order valence-electron chi connectivity index (χ4n) is 2.33. The Hall–Kier alpha value is -2.91. The molecule has 0 unspecified atom stereocenters. The molecule has 134 valence electrons. The number of hydrazine groups is 1. The van der Waals surface area contributed by atoms with E-state index in [0.29, 0.717) is 28.7 Å². The van der Waals surface area contributed by atoms with E-state index in [9.17, 15) is 4.79 Å². The van der Waals surface area contributed by atoms with Crippen LogP contribution in [0, 0.1) is 0 Å². The zero-order chi connectivity index (χ0) is 18.7. The van der Waals surface area contributed by atoms with Gasteiger partial charge in [0.1, 0.15) is 6.54 Å². The number of nitrogens with zero attached hydrogens (tertiary/aromatic N) is 3. The molecule has 0 radical (unpaired) electrons. The number of benzene rings is 2. The van der Waals surface area contributed by atoms with Crippen LogP contribution >= 0.6 is 15.9 Å². The molecule has 0 aliphatic rings. The molecule has 0 fully saturated rings. The summed E-state index contributed by atoms with van der Waals surface area (Å²) in [5, 5.41) is 5.22. The maximum Gasteiger partial charge on any atom is 0.326 e. The second-order valence-electron chi connectivity index (χ2n) is 5.38. The van der Waals surface area contributed by atoms with Gasteiger partial charge in [-0.15, -0.1) is 0 Å². The number of rotatable bonds is 5. The zero-order valence-corrected chi connectivity index (χ0v) is 15.4. The summed E-state index contributed by atoms with van der Waals surface area (Å²) in [4.78, 5) is 15.7. The van der Waals surface area contributed by atoms with Crippen molar-refractivity contribution in [3.05, 3.63) is 46.9 Å².